The first-order valence-electron chi connectivity index (χ1n) is 14.6. The molecular weight excluding hydrogens is 555 g/mol. The quantitative estimate of drug-likeness (QED) is 0.254. The molecule has 41 heavy (non-hydrogen) atoms. The second-order valence-electron chi connectivity index (χ2n) is 11.6. The van der Waals surface area contributed by atoms with Gasteiger partial charge in [0.2, 0.25) is 0 Å². The van der Waals surface area contributed by atoms with Crippen LogP contribution in [0.25, 0.3) is 11.0 Å². The van der Waals surface area contributed by atoms with Crippen molar-refractivity contribution >= 4 is 40.1 Å². The number of likely N-dealkylation sites (tertiary alicyclic amines) is 2. The number of benzene rings is 3. The normalized spacial score (nSPS) is 20.5. The lowest BCUT2D eigenvalue weighted by Crippen LogP contribution is -2.49. The fourth-order valence-electron chi connectivity index (χ4n) is 6.96. The van der Waals surface area contributed by atoms with Gasteiger partial charge in [-0.1, -0.05) is 59.6 Å². The van der Waals surface area contributed by atoms with Gasteiger partial charge in [-0.15, -0.1) is 0 Å². The van der Waals surface area contributed by atoms with Gasteiger partial charge in [0.25, 0.3) is 5.91 Å². The zero-order valence-electron chi connectivity index (χ0n) is 23.2. The Morgan fingerprint density at radius 1 is 0.927 bits per heavy atom. The smallest absolute Gasteiger partial charge is 0.326 e. The van der Waals surface area contributed by atoms with E-state index in [1.54, 1.807) is 0 Å². The minimum Gasteiger partial charge on any atom is -0.338 e. The summed E-state index contributed by atoms with van der Waals surface area (Å²) in [7, 11) is 0. The molecule has 8 heteroatoms. The zero-order chi connectivity index (χ0) is 28.4. The van der Waals surface area contributed by atoms with Crippen molar-refractivity contribution < 1.29 is 4.79 Å². The molecular formula is C33H36Cl2N4O2. The molecule has 6 nitrogen and oxygen atoms in total. The number of carbonyl (C=O) groups excluding carboxylic acids is 1. The van der Waals surface area contributed by atoms with Gasteiger partial charge in [-0.2, -0.15) is 0 Å². The minimum absolute atomic E-state index is 0.0138. The number of rotatable bonds is 7. The van der Waals surface area contributed by atoms with E-state index in [0.717, 1.165) is 86.9 Å². The van der Waals surface area contributed by atoms with Crippen LogP contribution in [0.15, 0.2) is 77.6 Å². The molecule has 4 aromatic rings. The highest BCUT2D eigenvalue weighted by Crippen LogP contribution is 2.41. The highest BCUT2D eigenvalue weighted by atomic mass is 35.5. The predicted octanol–water partition coefficient (Wildman–Crippen LogP) is 6.93. The number of H-pyrrole nitrogens is 1. The summed E-state index contributed by atoms with van der Waals surface area (Å²) in [5, 5.41) is 1.11. The van der Waals surface area contributed by atoms with Gasteiger partial charge in [0.15, 0.2) is 0 Å². The van der Waals surface area contributed by atoms with E-state index in [9.17, 15) is 9.59 Å². The van der Waals surface area contributed by atoms with Gasteiger partial charge in [-0.25, -0.2) is 4.79 Å². The maximum Gasteiger partial charge on any atom is 0.326 e. The Bertz CT molecular complexity index is 1580. The fraction of sp³-hybridized carbons (Fsp3) is 0.394. The zero-order valence-corrected chi connectivity index (χ0v) is 24.7. The summed E-state index contributed by atoms with van der Waals surface area (Å²) in [5.41, 5.74) is 3.60. The molecule has 0 aliphatic carbocycles. The summed E-state index contributed by atoms with van der Waals surface area (Å²) in [6.45, 7) is 4.36. The molecule has 214 valence electrons. The summed E-state index contributed by atoms with van der Waals surface area (Å²) >= 11 is 12.8. The van der Waals surface area contributed by atoms with E-state index in [1.165, 1.54) is 0 Å². The monoisotopic (exact) mass is 590 g/mol. The number of aromatic amines is 1. The third-order valence-corrected chi connectivity index (χ3v) is 9.83. The van der Waals surface area contributed by atoms with E-state index in [2.05, 4.69) is 16.0 Å². The molecule has 0 spiro atoms. The number of fused-ring (bicyclic) bond motifs is 1. The fourth-order valence-corrected chi connectivity index (χ4v) is 7.26. The first-order chi connectivity index (χ1) is 19.9. The van der Waals surface area contributed by atoms with Crippen LogP contribution in [0.2, 0.25) is 10.0 Å². The first-order valence-corrected chi connectivity index (χ1v) is 15.4. The van der Waals surface area contributed by atoms with Gasteiger partial charge in [-0.05, 0) is 87.0 Å². The van der Waals surface area contributed by atoms with Crippen molar-refractivity contribution in [3.05, 3.63) is 104 Å². The van der Waals surface area contributed by atoms with Crippen LogP contribution < -0.4 is 5.69 Å². The van der Waals surface area contributed by atoms with Crippen molar-refractivity contribution in [1.29, 1.82) is 0 Å². The van der Waals surface area contributed by atoms with Crippen LogP contribution in [-0.4, -0.2) is 58.0 Å². The van der Waals surface area contributed by atoms with Crippen LogP contribution in [0.4, 0.5) is 0 Å². The number of nitrogens with one attached hydrogen (secondary N) is 1. The molecule has 1 N–H and O–H groups in total. The molecule has 6 rings (SSSR count). The molecule has 1 unspecified atom stereocenters. The number of hydrogen-bond donors (Lipinski definition) is 1. The second-order valence-corrected chi connectivity index (χ2v) is 12.4. The van der Waals surface area contributed by atoms with Crippen LogP contribution in [0, 0.1) is 0 Å². The molecule has 1 aromatic heterocycles. The summed E-state index contributed by atoms with van der Waals surface area (Å²) in [6, 6.07) is 23.7. The standard InChI is InChI=1S/C33H36Cl2N4O2/c34-27-13-12-25(22-28(27)35)33(17-7-19-38(23-33)31(40)24-8-2-1-3-9-24)16-6-18-37-20-14-26(15-21-37)39-30-11-5-4-10-29(30)36-32(39)41/h1-5,8-13,22,26H,6-7,14-21,23H2,(H,36,41). The molecule has 2 fully saturated rings. The van der Waals surface area contributed by atoms with E-state index in [0.29, 0.717) is 16.6 Å². The molecule has 0 bridgehead atoms. The van der Waals surface area contributed by atoms with E-state index in [-0.39, 0.29) is 23.1 Å². The van der Waals surface area contributed by atoms with Crippen LogP contribution in [0.1, 0.15) is 60.5 Å². The summed E-state index contributed by atoms with van der Waals surface area (Å²) in [6.07, 6.45) is 5.85. The average Bonchev–Trinajstić information content (AvgIpc) is 3.34. The Labute approximate surface area is 250 Å². The molecule has 0 radical (unpaired) electrons. The Kier molecular flexibility index (Phi) is 8.25. The number of imidazole rings is 1. The summed E-state index contributed by atoms with van der Waals surface area (Å²) < 4.78 is 1.95. The molecule has 2 saturated heterocycles. The lowest BCUT2D eigenvalue weighted by atomic mass is 9.71. The predicted molar refractivity (Wildman–Crippen MR) is 166 cm³/mol. The summed E-state index contributed by atoms with van der Waals surface area (Å²) in [4.78, 5) is 33.7. The van der Waals surface area contributed by atoms with Crippen LogP contribution >= 0.6 is 23.2 Å². The van der Waals surface area contributed by atoms with Gasteiger partial charge in [0, 0.05) is 43.2 Å². The maximum absolute atomic E-state index is 13.4. The van der Waals surface area contributed by atoms with Crippen LogP contribution in [-0.2, 0) is 5.41 Å². The van der Waals surface area contributed by atoms with Gasteiger partial charge >= 0.3 is 5.69 Å². The maximum atomic E-state index is 13.4. The van der Waals surface area contributed by atoms with Gasteiger partial charge in [0.1, 0.15) is 0 Å². The summed E-state index contributed by atoms with van der Waals surface area (Å²) in [5.74, 6) is 0.0873. The van der Waals surface area contributed by atoms with Gasteiger partial charge in [0.05, 0.1) is 21.1 Å². The third-order valence-electron chi connectivity index (χ3n) is 9.09. The lowest BCUT2D eigenvalue weighted by molar-refractivity contribution is 0.0618. The molecule has 1 amide bonds. The Balaban J connectivity index is 1.14. The Morgan fingerprint density at radius 2 is 1.68 bits per heavy atom. The van der Waals surface area contributed by atoms with Crippen molar-refractivity contribution in [1.82, 2.24) is 19.4 Å². The number of nitrogens with zero attached hydrogens (tertiary/aromatic N) is 3. The number of aromatic nitrogens is 2. The van der Waals surface area contributed by atoms with Crippen molar-refractivity contribution in [2.75, 3.05) is 32.7 Å². The highest BCUT2D eigenvalue weighted by Gasteiger charge is 2.39. The largest absolute Gasteiger partial charge is 0.338 e. The van der Waals surface area contributed by atoms with E-state index < -0.39 is 0 Å². The van der Waals surface area contributed by atoms with E-state index >= 15 is 0 Å². The second kappa shape index (κ2) is 12.0. The number of halogens is 2. The molecule has 2 aliphatic heterocycles. The number of hydrogen-bond acceptors (Lipinski definition) is 3. The third kappa shape index (κ3) is 5.83. The molecule has 0 saturated carbocycles. The van der Waals surface area contributed by atoms with Gasteiger partial charge in [-0.3, -0.25) is 9.36 Å². The number of para-hydroxylation sites is 2. The SMILES string of the molecule is O=C(c1ccccc1)N1CCCC(CCCN2CCC(n3c(=O)[nH]c4ccccc43)CC2)(c2ccc(Cl)c(Cl)c2)C1. The van der Waals surface area contributed by atoms with Crippen molar-refractivity contribution in [2.24, 2.45) is 0 Å². The minimum atomic E-state index is -0.174. The first kappa shape index (κ1) is 28.1. The van der Waals surface area contributed by atoms with Crippen molar-refractivity contribution in [2.45, 2.75) is 50.0 Å². The van der Waals surface area contributed by atoms with E-state index in [1.807, 2.05) is 76.2 Å². The molecule has 3 aromatic carbocycles. The van der Waals surface area contributed by atoms with Gasteiger partial charge < -0.3 is 14.8 Å². The van der Waals surface area contributed by atoms with Crippen molar-refractivity contribution in [3.8, 4) is 0 Å². The topological polar surface area (TPSA) is 61.3 Å². The average molecular weight is 592 g/mol. The lowest BCUT2D eigenvalue weighted by Gasteiger charge is -2.44. The van der Waals surface area contributed by atoms with Crippen molar-refractivity contribution in [3.63, 3.8) is 0 Å². The Hall–Kier alpha value is -3.06. The number of amides is 1. The molecule has 3 heterocycles. The van der Waals surface area contributed by atoms with E-state index in [4.69, 9.17) is 23.2 Å². The number of piperidine rings is 2. The highest BCUT2D eigenvalue weighted by molar-refractivity contribution is 6.42. The molecule has 2 aliphatic rings. The number of carbonyl (C=O) groups is 1. The van der Waals surface area contributed by atoms with Crippen LogP contribution in [0.5, 0.6) is 0 Å². The molecule has 1 atom stereocenters. The Morgan fingerprint density at radius 3 is 2.46 bits per heavy atom. The van der Waals surface area contributed by atoms with Crippen LogP contribution in [0.3, 0.4) is 0 Å².